The lowest BCUT2D eigenvalue weighted by Crippen LogP contribution is -2.44. The van der Waals surface area contributed by atoms with E-state index in [0.717, 1.165) is 0 Å². The van der Waals surface area contributed by atoms with Crippen molar-refractivity contribution in [3.05, 3.63) is 69.6 Å². The first-order valence-corrected chi connectivity index (χ1v) is 12.6. The number of hydrogen-bond donors (Lipinski definition) is 1. The molecule has 0 aliphatic carbocycles. The van der Waals surface area contributed by atoms with Crippen molar-refractivity contribution in [2.45, 2.75) is 31.9 Å². The van der Waals surface area contributed by atoms with E-state index in [1.165, 1.54) is 25.4 Å². The molecule has 37 heavy (non-hydrogen) atoms. The highest BCUT2D eigenvalue weighted by Gasteiger charge is 2.41. The standard InChI is InChI=1S/C28H26Cl2F2N2O3/c1-37-19-5-7-25-20(16-19)26(22(30)17-33-25)24(32)8-9-28(27(35)36)10-13-34(14-11-28)12-2-3-18-4-6-23(31)21(29)15-18/h4-7,15-17,24H,8-14H2,1H3,(H,35,36)/t24-/m1/s1. The van der Waals surface area contributed by atoms with Crippen LogP contribution in [0, 0.1) is 23.1 Å². The number of alkyl halides is 1. The van der Waals surface area contributed by atoms with Crippen molar-refractivity contribution in [1.29, 1.82) is 0 Å². The van der Waals surface area contributed by atoms with Gasteiger partial charge < -0.3 is 9.84 Å². The van der Waals surface area contributed by atoms with Crippen LogP contribution in [-0.4, -0.2) is 47.7 Å². The molecule has 1 saturated heterocycles. The molecule has 1 fully saturated rings. The quantitative estimate of drug-likeness (QED) is 0.334. The monoisotopic (exact) mass is 546 g/mol. The van der Waals surface area contributed by atoms with Gasteiger partial charge in [-0.15, -0.1) is 0 Å². The predicted octanol–water partition coefficient (Wildman–Crippen LogP) is 6.70. The molecule has 1 aromatic heterocycles. The molecule has 2 heterocycles. The summed E-state index contributed by atoms with van der Waals surface area (Å²) < 4.78 is 34.2. The third-order valence-electron chi connectivity index (χ3n) is 6.98. The van der Waals surface area contributed by atoms with Crippen LogP contribution in [-0.2, 0) is 4.79 Å². The highest BCUT2D eigenvalue weighted by Crippen LogP contribution is 2.42. The molecule has 0 radical (unpaired) electrons. The highest BCUT2D eigenvalue weighted by molar-refractivity contribution is 6.32. The molecule has 1 aliphatic heterocycles. The van der Waals surface area contributed by atoms with Gasteiger partial charge in [-0.2, -0.15) is 0 Å². The number of benzene rings is 2. The molecule has 194 valence electrons. The van der Waals surface area contributed by atoms with Gasteiger partial charge >= 0.3 is 5.97 Å². The number of carboxylic acids is 1. The second kappa shape index (κ2) is 11.6. The minimum Gasteiger partial charge on any atom is -0.497 e. The molecule has 0 spiro atoms. The second-order valence-corrected chi connectivity index (χ2v) is 10.0. The van der Waals surface area contributed by atoms with E-state index < -0.39 is 23.4 Å². The first-order valence-electron chi connectivity index (χ1n) is 11.9. The van der Waals surface area contributed by atoms with E-state index in [9.17, 15) is 14.3 Å². The molecule has 0 saturated carbocycles. The lowest BCUT2D eigenvalue weighted by Gasteiger charge is -2.38. The second-order valence-electron chi connectivity index (χ2n) is 9.20. The molecule has 0 unspecified atom stereocenters. The Hall–Kier alpha value is -2.92. The molecule has 4 rings (SSSR count). The SMILES string of the molecule is COc1ccc2ncc(Cl)c([C@H](F)CCC3(C(=O)O)CCN(CC#Cc4ccc(F)c(Cl)c4)CC3)c2c1. The van der Waals surface area contributed by atoms with Gasteiger partial charge in [0.2, 0.25) is 0 Å². The normalized spacial score (nSPS) is 16.1. The zero-order valence-electron chi connectivity index (χ0n) is 20.2. The van der Waals surface area contributed by atoms with Crippen LogP contribution < -0.4 is 4.74 Å². The van der Waals surface area contributed by atoms with Crippen LogP contribution in [0.3, 0.4) is 0 Å². The van der Waals surface area contributed by atoms with E-state index in [1.54, 1.807) is 24.3 Å². The molecule has 1 aliphatic rings. The number of aromatic nitrogens is 1. The fourth-order valence-electron chi connectivity index (χ4n) is 4.70. The highest BCUT2D eigenvalue weighted by atomic mass is 35.5. The number of piperidine rings is 1. The van der Waals surface area contributed by atoms with Crippen molar-refractivity contribution in [3.63, 3.8) is 0 Å². The van der Waals surface area contributed by atoms with Gasteiger partial charge in [-0.05, 0) is 62.1 Å². The number of nitrogens with zero attached hydrogens (tertiary/aromatic N) is 2. The summed E-state index contributed by atoms with van der Waals surface area (Å²) >= 11 is 12.1. The Labute approximate surface area is 224 Å². The Morgan fingerprint density at radius 2 is 1.97 bits per heavy atom. The Bertz CT molecular complexity index is 1360. The number of carbonyl (C=O) groups is 1. The fraction of sp³-hybridized carbons (Fsp3) is 0.357. The molecule has 1 atom stereocenters. The molecule has 9 heteroatoms. The van der Waals surface area contributed by atoms with Crippen LogP contribution in [0.5, 0.6) is 5.75 Å². The van der Waals surface area contributed by atoms with Crippen molar-refractivity contribution in [1.82, 2.24) is 9.88 Å². The van der Waals surface area contributed by atoms with Gasteiger partial charge in [0.05, 0.1) is 34.6 Å². The van der Waals surface area contributed by atoms with Gasteiger partial charge in [-0.3, -0.25) is 14.7 Å². The number of fused-ring (bicyclic) bond motifs is 1. The summed E-state index contributed by atoms with van der Waals surface area (Å²) in [6.45, 7) is 1.49. The van der Waals surface area contributed by atoms with Gasteiger partial charge in [-0.1, -0.05) is 35.0 Å². The maximum absolute atomic E-state index is 15.6. The summed E-state index contributed by atoms with van der Waals surface area (Å²) in [5.41, 5.74) is 0.483. The zero-order valence-corrected chi connectivity index (χ0v) is 21.8. The molecule has 5 nitrogen and oxygen atoms in total. The molecular weight excluding hydrogens is 521 g/mol. The van der Waals surface area contributed by atoms with Gasteiger partial charge in [-0.25, -0.2) is 8.78 Å². The number of rotatable bonds is 7. The maximum atomic E-state index is 15.6. The van der Waals surface area contributed by atoms with Crippen molar-refractivity contribution in [2.24, 2.45) is 5.41 Å². The summed E-state index contributed by atoms with van der Waals surface area (Å²) in [6.07, 6.45) is 0.947. The number of halogens is 4. The number of ether oxygens (including phenoxy) is 1. The topological polar surface area (TPSA) is 62.7 Å². The van der Waals surface area contributed by atoms with Crippen LogP contribution in [0.4, 0.5) is 8.78 Å². The molecule has 2 aromatic carbocycles. The first-order chi connectivity index (χ1) is 17.7. The Morgan fingerprint density at radius 1 is 1.22 bits per heavy atom. The molecule has 0 amide bonds. The van der Waals surface area contributed by atoms with E-state index in [4.69, 9.17) is 27.9 Å². The number of hydrogen-bond acceptors (Lipinski definition) is 4. The minimum absolute atomic E-state index is 0.0161. The van der Waals surface area contributed by atoms with Crippen molar-refractivity contribution in [2.75, 3.05) is 26.7 Å². The average molecular weight is 547 g/mol. The lowest BCUT2D eigenvalue weighted by molar-refractivity contribution is -0.152. The van der Waals surface area contributed by atoms with E-state index in [0.29, 0.717) is 60.3 Å². The van der Waals surface area contributed by atoms with E-state index in [-0.39, 0.29) is 22.9 Å². The summed E-state index contributed by atoms with van der Waals surface area (Å²) in [4.78, 5) is 18.6. The number of carboxylic acid groups (broad SMARTS) is 1. The van der Waals surface area contributed by atoms with Crippen LogP contribution in [0.2, 0.25) is 10.0 Å². The van der Waals surface area contributed by atoms with Crippen molar-refractivity contribution < 1.29 is 23.4 Å². The van der Waals surface area contributed by atoms with Gasteiger partial charge in [0.15, 0.2) is 0 Å². The zero-order chi connectivity index (χ0) is 26.6. The van der Waals surface area contributed by atoms with Crippen LogP contribution >= 0.6 is 23.2 Å². The number of methoxy groups -OCH3 is 1. The van der Waals surface area contributed by atoms with E-state index in [2.05, 4.69) is 21.7 Å². The third kappa shape index (κ3) is 6.15. The van der Waals surface area contributed by atoms with Crippen LogP contribution in [0.1, 0.15) is 43.0 Å². The first kappa shape index (κ1) is 27.1. The smallest absolute Gasteiger partial charge is 0.309 e. The van der Waals surface area contributed by atoms with E-state index >= 15 is 4.39 Å². The number of aliphatic carboxylic acids is 1. The van der Waals surface area contributed by atoms with E-state index in [1.807, 2.05) is 0 Å². The van der Waals surface area contributed by atoms with Crippen LogP contribution in [0.25, 0.3) is 10.9 Å². The summed E-state index contributed by atoms with van der Waals surface area (Å²) in [5.74, 6) is 5.14. The lowest BCUT2D eigenvalue weighted by atomic mass is 9.74. The molecule has 3 aromatic rings. The minimum atomic E-state index is -1.45. The van der Waals surface area contributed by atoms with Gasteiger partial charge in [0, 0.05) is 35.8 Å². The average Bonchev–Trinajstić information content (AvgIpc) is 2.89. The van der Waals surface area contributed by atoms with Crippen molar-refractivity contribution >= 4 is 40.1 Å². The molecular formula is C28H26Cl2F2N2O3. The van der Waals surface area contributed by atoms with Crippen LogP contribution in [0.15, 0.2) is 42.6 Å². The Kier molecular flexibility index (Phi) is 8.53. The number of likely N-dealkylation sites (tertiary alicyclic amines) is 1. The third-order valence-corrected chi connectivity index (χ3v) is 7.57. The Morgan fingerprint density at radius 3 is 2.65 bits per heavy atom. The Balaban J connectivity index is 1.41. The largest absolute Gasteiger partial charge is 0.497 e. The maximum Gasteiger partial charge on any atom is 0.309 e. The molecule has 1 N–H and O–H groups in total. The number of pyridine rings is 1. The predicted molar refractivity (Wildman–Crippen MR) is 140 cm³/mol. The van der Waals surface area contributed by atoms with Gasteiger partial charge in [0.1, 0.15) is 17.7 Å². The summed E-state index contributed by atoms with van der Waals surface area (Å²) in [7, 11) is 1.53. The van der Waals surface area contributed by atoms with Crippen molar-refractivity contribution in [3.8, 4) is 17.6 Å². The molecule has 0 bridgehead atoms. The summed E-state index contributed by atoms with van der Waals surface area (Å²) in [5, 5.41) is 10.8. The summed E-state index contributed by atoms with van der Waals surface area (Å²) in [6, 6.07) is 9.47. The fourth-order valence-corrected chi connectivity index (χ4v) is 5.15. The van der Waals surface area contributed by atoms with Gasteiger partial charge in [0.25, 0.3) is 0 Å².